The Morgan fingerprint density at radius 3 is 2.65 bits per heavy atom. The van der Waals surface area contributed by atoms with Crippen LogP contribution in [0.25, 0.3) is 21.3 Å². The second-order valence-corrected chi connectivity index (χ2v) is 11.8. The van der Waals surface area contributed by atoms with Crippen LogP contribution in [0.5, 0.6) is 0 Å². The monoisotopic (exact) mass is 521 g/mol. The first-order chi connectivity index (χ1) is 18.1. The fourth-order valence-electron chi connectivity index (χ4n) is 6.01. The summed E-state index contributed by atoms with van der Waals surface area (Å²) in [4.78, 5) is 28.9. The maximum atomic E-state index is 12.8. The van der Waals surface area contributed by atoms with Gasteiger partial charge in [-0.15, -0.1) is 0 Å². The van der Waals surface area contributed by atoms with Gasteiger partial charge >= 0.3 is 0 Å². The van der Waals surface area contributed by atoms with Crippen LogP contribution in [0, 0.1) is 5.92 Å². The van der Waals surface area contributed by atoms with E-state index in [4.69, 9.17) is 9.47 Å². The van der Waals surface area contributed by atoms with Crippen molar-refractivity contribution in [3.05, 3.63) is 36.4 Å². The number of nitrogens with zero attached hydrogens (tertiary/aromatic N) is 4. The molecule has 0 spiro atoms. The molecule has 2 unspecified atom stereocenters. The van der Waals surface area contributed by atoms with Gasteiger partial charge in [-0.3, -0.25) is 9.69 Å². The van der Waals surface area contributed by atoms with Gasteiger partial charge in [0.1, 0.15) is 6.61 Å². The highest BCUT2D eigenvalue weighted by atomic mass is 32.1. The van der Waals surface area contributed by atoms with Gasteiger partial charge in [0, 0.05) is 49.4 Å². The van der Waals surface area contributed by atoms with Gasteiger partial charge in [0.05, 0.1) is 34.6 Å². The Morgan fingerprint density at radius 2 is 1.92 bits per heavy atom. The molecule has 5 aliphatic rings. The van der Waals surface area contributed by atoms with Crippen molar-refractivity contribution in [3.63, 3.8) is 0 Å². The number of thiazole rings is 1. The van der Waals surface area contributed by atoms with Crippen molar-refractivity contribution in [1.82, 2.24) is 19.9 Å². The van der Waals surface area contributed by atoms with E-state index in [9.17, 15) is 9.90 Å². The Labute approximate surface area is 219 Å². The van der Waals surface area contributed by atoms with Gasteiger partial charge in [-0.05, 0) is 49.8 Å². The van der Waals surface area contributed by atoms with Gasteiger partial charge in [-0.25, -0.2) is 15.0 Å². The first kappa shape index (κ1) is 23.6. The largest absolute Gasteiger partial charge is 0.390 e. The van der Waals surface area contributed by atoms with Gasteiger partial charge < -0.3 is 19.9 Å². The number of nitrogens with one attached hydrogen (secondary N) is 1. The molecule has 2 bridgehead atoms. The lowest BCUT2D eigenvalue weighted by Gasteiger charge is -2.52. The molecule has 2 aliphatic carbocycles. The molecule has 8 rings (SSSR count). The summed E-state index contributed by atoms with van der Waals surface area (Å²) in [5, 5.41) is 13.6. The van der Waals surface area contributed by atoms with Gasteiger partial charge in [0.15, 0.2) is 11.0 Å². The topological polar surface area (TPSA) is 110 Å². The van der Waals surface area contributed by atoms with Crippen molar-refractivity contribution < 1.29 is 19.4 Å². The number of amides is 1. The number of benzene rings is 1. The highest BCUT2D eigenvalue weighted by molar-refractivity contribution is 7.22. The van der Waals surface area contributed by atoms with E-state index in [0.717, 1.165) is 66.5 Å². The van der Waals surface area contributed by atoms with Crippen LogP contribution < -0.4 is 5.32 Å². The standard InChI is InChI=1S/C27H31N5O4S/c33-22-2-1-3-23(22)35-14-25-28-10-17(11-29-25)15-4-5-21-24(8-15)37-27(30-21)31-26(34)16-6-18(7-16)32-12-19-9-20(13-32)36-19/h4-5,8,10-11,16,18-20,22-23,33H,1-3,6-7,9,12-14H2,(H,30,31,34)/t16?,18?,19?,20?,22-,23-/m0/s1. The maximum absolute atomic E-state index is 12.8. The van der Waals surface area contributed by atoms with Crippen LogP contribution in [-0.4, -0.2) is 74.4 Å². The molecule has 3 aliphatic heterocycles. The van der Waals surface area contributed by atoms with Crippen LogP contribution in [0.4, 0.5) is 5.13 Å². The number of aliphatic hydroxyl groups excluding tert-OH is 1. The van der Waals surface area contributed by atoms with Crippen LogP contribution in [0.3, 0.4) is 0 Å². The zero-order chi connectivity index (χ0) is 24.9. The van der Waals surface area contributed by atoms with Crippen molar-refractivity contribution in [2.24, 2.45) is 5.92 Å². The van der Waals surface area contributed by atoms with E-state index in [1.165, 1.54) is 17.8 Å². The number of aliphatic hydroxyl groups is 1. The number of carbonyl (C=O) groups excluding carboxylic acids is 1. The highest BCUT2D eigenvalue weighted by Gasteiger charge is 2.45. The third kappa shape index (κ3) is 4.77. The molecule has 1 amide bonds. The summed E-state index contributed by atoms with van der Waals surface area (Å²) in [6, 6.07) is 6.55. The fourth-order valence-corrected chi connectivity index (χ4v) is 6.92. The Morgan fingerprint density at radius 1 is 1.14 bits per heavy atom. The summed E-state index contributed by atoms with van der Waals surface area (Å²) in [5.41, 5.74) is 2.77. The average Bonchev–Trinajstić information content (AvgIpc) is 3.46. The third-order valence-corrected chi connectivity index (χ3v) is 9.22. The molecule has 0 radical (unpaired) electrons. The number of morpholine rings is 1. The first-order valence-corrected chi connectivity index (χ1v) is 14.1. The SMILES string of the molecule is O=C(Nc1nc2ccc(-c3cnc(CO[C@H]4CCC[C@@H]4O)nc3)cc2s1)C1CC(N2CC3CC(C2)O3)C1. The third-order valence-electron chi connectivity index (χ3n) is 8.29. The molecule has 4 atom stereocenters. The average molecular weight is 522 g/mol. The molecule has 5 heterocycles. The van der Waals surface area contributed by atoms with E-state index < -0.39 is 0 Å². The van der Waals surface area contributed by atoms with Gasteiger partial charge in [0.2, 0.25) is 5.91 Å². The number of ether oxygens (including phenoxy) is 2. The Balaban J connectivity index is 0.951. The highest BCUT2D eigenvalue weighted by Crippen LogP contribution is 2.38. The smallest absolute Gasteiger partial charge is 0.229 e. The molecule has 3 saturated heterocycles. The number of anilines is 1. The first-order valence-electron chi connectivity index (χ1n) is 13.3. The molecule has 37 heavy (non-hydrogen) atoms. The summed E-state index contributed by atoms with van der Waals surface area (Å²) in [7, 11) is 0. The van der Waals surface area contributed by atoms with E-state index >= 15 is 0 Å². The molecule has 1 aromatic carbocycles. The summed E-state index contributed by atoms with van der Waals surface area (Å²) in [6.07, 6.45) is 9.63. The fraction of sp³-hybridized carbons (Fsp3) is 0.556. The Bertz CT molecular complexity index is 1280. The van der Waals surface area contributed by atoms with Gasteiger partial charge in [0.25, 0.3) is 0 Å². The van der Waals surface area contributed by atoms with Crippen LogP contribution in [0.1, 0.15) is 44.3 Å². The number of aromatic nitrogens is 3. The van der Waals surface area contributed by atoms with Crippen LogP contribution in [0.2, 0.25) is 0 Å². The predicted octanol–water partition coefficient (Wildman–Crippen LogP) is 3.37. The van der Waals surface area contributed by atoms with Crippen molar-refractivity contribution in [2.45, 2.75) is 75.6 Å². The normalized spacial score (nSPS) is 31.2. The van der Waals surface area contributed by atoms with Gasteiger partial charge in [-0.1, -0.05) is 17.4 Å². The van der Waals surface area contributed by atoms with Crippen LogP contribution in [0.15, 0.2) is 30.6 Å². The molecule has 3 aromatic rings. The minimum absolute atomic E-state index is 0.0586. The number of piperidine rings is 1. The van der Waals surface area contributed by atoms with E-state index in [-0.39, 0.29) is 24.0 Å². The summed E-state index contributed by atoms with van der Waals surface area (Å²) in [6.45, 7) is 2.33. The van der Waals surface area contributed by atoms with Crippen LogP contribution in [-0.2, 0) is 20.9 Å². The lowest BCUT2D eigenvalue weighted by Crippen LogP contribution is -2.62. The maximum Gasteiger partial charge on any atom is 0.229 e. The summed E-state index contributed by atoms with van der Waals surface area (Å²) >= 11 is 1.49. The second-order valence-electron chi connectivity index (χ2n) is 10.8. The van der Waals surface area contributed by atoms with Crippen molar-refractivity contribution in [3.8, 4) is 11.1 Å². The zero-order valence-electron chi connectivity index (χ0n) is 20.6. The quantitative estimate of drug-likeness (QED) is 0.487. The summed E-state index contributed by atoms with van der Waals surface area (Å²) in [5.74, 6) is 0.740. The summed E-state index contributed by atoms with van der Waals surface area (Å²) < 4.78 is 12.5. The number of fused-ring (bicyclic) bond motifs is 3. The lowest BCUT2D eigenvalue weighted by molar-refractivity contribution is -0.195. The number of rotatable bonds is 7. The van der Waals surface area contributed by atoms with E-state index in [2.05, 4.69) is 31.2 Å². The zero-order valence-corrected chi connectivity index (χ0v) is 21.4. The molecule has 9 nitrogen and oxygen atoms in total. The van der Waals surface area contributed by atoms with E-state index in [1.54, 1.807) is 12.4 Å². The van der Waals surface area contributed by atoms with Gasteiger partial charge in [-0.2, -0.15) is 0 Å². The molecule has 194 valence electrons. The lowest BCUT2D eigenvalue weighted by atomic mass is 9.77. The predicted molar refractivity (Wildman–Crippen MR) is 139 cm³/mol. The van der Waals surface area contributed by atoms with E-state index in [0.29, 0.717) is 35.8 Å². The van der Waals surface area contributed by atoms with E-state index in [1.807, 2.05) is 12.1 Å². The Hall–Kier alpha value is -2.50. The second kappa shape index (κ2) is 9.67. The number of hydrogen-bond donors (Lipinski definition) is 2. The molecular formula is C27H31N5O4S. The van der Waals surface area contributed by atoms with Crippen molar-refractivity contribution in [2.75, 3.05) is 18.4 Å². The molecule has 5 fully saturated rings. The molecule has 2 N–H and O–H groups in total. The molecule has 2 aromatic heterocycles. The van der Waals surface area contributed by atoms with Crippen LogP contribution >= 0.6 is 11.3 Å². The Kier molecular flexibility index (Phi) is 6.17. The number of carbonyl (C=O) groups is 1. The minimum atomic E-state index is -0.383. The molecule has 2 saturated carbocycles. The minimum Gasteiger partial charge on any atom is -0.390 e. The van der Waals surface area contributed by atoms with Crippen molar-refractivity contribution in [1.29, 1.82) is 0 Å². The van der Waals surface area contributed by atoms with Crippen molar-refractivity contribution >= 4 is 32.6 Å². The molecule has 10 heteroatoms. The molecular weight excluding hydrogens is 490 g/mol. The number of hydrogen-bond acceptors (Lipinski definition) is 9.